The maximum atomic E-state index is 14.0. The van der Waals surface area contributed by atoms with Crippen molar-refractivity contribution < 1.29 is 13.2 Å². The third-order valence-corrected chi connectivity index (χ3v) is 7.69. The quantitative estimate of drug-likeness (QED) is 0.382. The Hall–Kier alpha value is -3.33. The minimum atomic E-state index is -4.83. The molecule has 1 heterocycles. The van der Waals surface area contributed by atoms with Gasteiger partial charge in [0.25, 0.3) is 5.56 Å². The largest absolute Gasteiger partial charge is 0.417 e. The first-order chi connectivity index (χ1) is 16.7. The molecule has 0 spiro atoms. The predicted molar refractivity (Wildman–Crippen MR) is 136 cm³/mol. The van der Waals surface area contributed by atoms with Crippen LogP contribution in [0.5, 0.6) is 0 Å². The molecular weight excluding hydrogens is 461 g/mol. The lowest BCUT2D eigenvalue weighted by molar-refractivity contribution is -0.137. The molecule has 0 fully saturated rings. The molecule has 0 radical (unpaired) electrons. The van der Waals surface area contributed by atoms with Crippen molar-refractivity contribution in [1.82, 2.24) is 4.57 Å². The average molecular weight is 493 g/mol. The summed E-state index contributed by atoms with van der Waals surface area (Å²) in [5.74, 6) is 0. The van der Waals surface area contributed by atoms with Crippen LogP contribution in [-0.2, 0) is 23.6 Å². The van der Waals surface area contributed by atoms with Gasteiger partial charge >= 0.3 is 6.18 Å². The molecule has 36 heavy (non-hydrogen) atoms. The van der Waals surface area contributed by atoms with Crippen LogP contribution in [0.1, 0.15) is 79.5 Å². The molecule has 0 aliphatic heterocycles. The van der Waals surface area contributed by atoms with Crippen molar-refractivity contribution in [2.45, 2.75) is 77.9 Å². The van der Waals surface area contributed by atoms with Gasteiger partial charge in [0, 0.05) is 0 Å². The van der Waals surface area contributed by atoms with Gasteiger partial charge in [0.2, 0.25) is 0 Å². The number of hydrogen-bond donors (Lipinski definition) is 0. The predicted octanol–water partition coefficient (Wildman–Crippen LogP) is 7.42. The zero-order valence-corrected chi connectivity index (χ0v) is 21.6. The molecule has 188 valence electrons. The van der Waals surface area contributed by atoms with Gasteiger partial charge in [-0.15, -0.1) is 0 Å². The SMILES string of the molecule is Cc1ccc(Cn2c(-c3ccc4c(c3)C(C)(C)CCC4(C)C)cc(C(F)(F)F)c(C#N)c2=O)c(C)c1. The van der Waals surface area contributed by atoms with E-state index in [0.29, 0.717) is 5.56 Å². The summed E-state index contributed by atoms with van der Waals surface area (Å²) in [6, 6.07) is 14.0. The number of alkyl halides is 3. The van der Waals surface area contributed by atoms with Crippen molar-refractivity contribution in [2.75, 3.05) is 0 Å². The van der Waals surface area contributed by atoms with Crippen molar-refractivity contribution in [3.05, 3.63) is 91.8 Å². The minimum absolute atomic E-state index is 0.0517. The van der Waals surface area contributed by atoms with Crippen LogP contribution in [-0.4, -0.2) is 4.57 Å². The van der Waals surface area contributed by atoms with E-state index in [1.807, 2.05) is 50.2 Å². The van der Waals surface area contributed by atoms with Gasteiger partial charge in [0.1, 0.15) is 11.6 Å². The number of nitrogens with zero attached hydrogens (tertiary/aromatic N) is 2. The number of halogens is 3. The van der Waals surface area contributed by atoms with E-state index in [0.717, 1.165) is 41.2 Å². The Morgan fingerprint density at radius 2 is 1.58 bits per heavy atom. The second-order valence-electron chi connectivity index (χ2n) is 11.3. The van der Waals surface area contributed by atoms with Crippen LogP contribution in [0.15, 0.2) is 47.3 Å². The van der Waals surface area contributed by atoms with Gasteiger partial charge in [0.15, 0.2) is 0 Å². The van der Waals surface area contributed by atoms with Crippen molar-refractivity contribution in [3.8, 4) is 17.3 Å². The molecule has 4 rings (SSSR count). The molecular formula is C30H31F3N2O. The standard InChI is InChI=1S/C30H31F3N2O/c1-18-7-8-21(19(2)13-18)17-35-26(15-24(30(31,32)33)22(16-34)27(35)36)20-9-10-23-25(14-20)29(5,6)12-11-28(23,3)4/h7-10,13-15H,11-12,17H2,1-6H3. The summed E-state index contributed by atoms with van der Waals surface area (Å²) in [6.07, 6.45) is -2.86. The molecule has 6 heteroatoms. The van der Waals surface area contributed by atoms with Crippen molar-refractivity contribution in [2.24, 2.45) is 0 Å². The lowest BCUT2D eigenvalue weighted by Crippen LogP contribution is -2.34. The number of pyridine rings is 1. The Morgan fingerprint density at radius 3 is 2.17 bits per heavy atom. The molecule has 0 saturated carbocycles. The van der Waals surface area contributed by atoms with E-state index in [1.165, 1.54) is 16.2 Å². The molecule has 3 aromatic rings. The van der Waals surface area contributed by atoms with E-state index in [4.69, 9.17) is 0 Å². The Morgan fingerprint density at radius 1 is 0.944 bits per heavy atom. The molecule has 2 aromatic carbocycles. The molecule has 3 nitrogen and oxygen atoms in total. The highest BCUT2D eigenvalue weighted by Gasteiger charge is 2.39. The third kappa shape index (κ3) is 4.48. The first-order valence-corrected chi connectivity index (χ1v) is 12.1. The van der Waals surface area contributed by atoms with E-state index < -0.39 is 22.9 Å². The topological polar surface area (TPSA) is 45.8 Å². The first kappa shape index (κ1) is 25.8. The van der Waals surface area contributed by atoms with Gasteiger partial charge in [-0.2, -0.15) is 18.4 Å². The normalized spacial score (nSPS) is 16.3. The van der Waals surface area contributed by atoms with Gasteiger partial charge in [-0.3, -0.25) is 4.79 Å². The smallest absolute Gasteiger partial charge is 0.303 e. The molecule has 0 N–H and O–H groups in total. The Kier molecular flexibility index (Phi) is 6.19. The summed E-state index contributed by atoms with van der Waals surface area (Å²) in [7, 11) is 0. The fourth-order valence-corrected chi connectivity index (χ4v) is 5.32. The Labute approximate surface area is 210 Å². The van der Waals surface area contributed by atoms with Crippen LogP contribution in [0.4, 0.5) is 13.2 Å². The summed E-state index contributed by atoms with van der Waals surface area (Å²) in [5.41, 5.74) is 2.54. The second kappa shape index (κ2) is 8.65. The van der Waals surface area contributed by atoms with Gasteiger partial charge in [-0.05, 0) is 77.5 Å². The molecule has 1 aromatic heterocycles. The fourth-order valence-electron chi connectivity index (χ4n) is 5.32. The van der Waals surface area contributed by atoms with Crippen molar-refractivity contribution in [1.29, 1.82) is 5.26 Å². The fraction of sp³-hybridized carbons (Fsp3) is 0.400. The van der Waals surface area contributed by atoms with Crippen molar-refractivity contribution >= 4 is 0 Å². The number of fused-ring (bicyclic) bond motifs is 1. The number of aryl methyl sites for hydroxylation is 2. The van der Waals surface area contributed by atoms with Crippen LogP contribution in [0.3, 0.4) is 0 Å². The van der Waals surface area contributed by atoms with E-state index >= 15 is 0 Å². The lowest BCUT2D eigenvalue weighted by atomic mass is 9.63. The molecule has 0 amide bonds. The molecule has 0 saturated heterocycles. The maximum Gasteiger partial charge on any atom is 0.417 e. The highest BCUT2D eigenvalue weighted by Crippen LogP contribution is 2.47. The Bertz CT molecular complexity index is 1450. The Balaban J connectivity index is 2.03. The minimum Gasteiger partial charge on any atom is -0.303 e. The number of nitriles is 1. The van der Waals surface area contributed by atoms with Gasteiger partial charge < -0.3 is 4.57 Å². The van der Waals surface area contributed by atoms with Crippen LogP contribution in [0.2, 0.25) is 0 Å². The molecule has 0 unspecified atom stereocenters. The van der Waals surface area contributed by atoms with Crippen LogP contribution < -0.4 is 5.56 Å². The first-order valence-electron chi connectivity index (χ1n) is 12.1. The summed E-state index contributed by atoms with van der Waals surface area (Å²) in [5, 5.41) is 9.53. The number of benzene rings is 2. The summed E-state index contributed by atoms with van der Waals surface area (Å²) in [6.45, 7) is 12.6. The van der Waals surface area contributed by atoms with Gasteiger partial charge in [0.05, 0.1) is 17.8 Å². The molecule has 0 atom stereocenters. The van der Waals surface area contributed by atoms with E-state index in [1.54, 1.807) is 0 Å². The van der Waals surface area contributed by atoms with Crippen LogP contribution >= 0.6 is 0 Å². The monoisotopic (exact) mass is 492 g/mol. The van der Waals surface area contributed by atoms with E-state index in [2.05, 4.69) is 27.7 Å². The zero-order chi connectivity index (χ0) is 26.6. The second-order valence-corrected chi connectivity index (χ2v) is 11.3. The van der Waals surface area contributed by atoms with Crippen LogP contribution in [0, 0.1) is 25.2 Å². The molecule has 1 aliphatic rings. The van der Waals surface area contributed by atoms with E-state index in [-0.39, 0.29) is 23.1 Å². The maximum absolute atomic E-state index is 14.0. The highest BCUT2D eigenvalue weighted by molar-refractivity contribution is 5.66. The summed E-state index contributed by atoms with van der Waals surface area (Å²) in [4.78, 5) is 13.4. The number of hydrogen-bond acceptors (Lipinski definition) is 2. The van der Waals surface area contributed by atoms with E-state index in [9.17, 15) is 23.2 Å². The third-order valence-electron chi connectivity index (χ3n) is 7.69. The zero-order valence-electron chi connectivity index (χ0n) is 21.6. The lowest BCUT2D eigenvalue weighted by Gasteiger charge is -2.42. The molecule has 0 bridgehead atoms. The van der Waals surface area contributed by atoms with Crippen molar-refractivity contribution in [3.63, 3.8) is 0 Å². The summed E-state index contributed by atoms with van der Waals surface area (Å²) >= 11 is 0. The van der Waals surface area contributed by atoms with Crippen LogP contribution in [0.25, 0.3) is 11.3 Å². The summed E-state index contributed by atoms with van der Waals surface area (Å²) < 4.78 is 43.2. The number of rotatable bonds is 3. The highest BCUT2D eigenvalue weighted by atomic mass is 19.4. The average Bonchev–Trinajstić information content (AvgIpc) is 2.78. The molecule has 1 aliphatic carbocycles. The van der Waals surface area contributed by atoms with Gasteiger partial charge in [-0.25, -0.2) is 0 Å². The van der Waals surface area contributed by atoms with Gasteiger partial charge in [-0.1, -0.05) is 63.6 Å². The number of aromatic nitrogens is 1.